The van der Waals surface area contributed by atoms with Gasteiger partial charge in [0.25, 0.3) is 0 Å². The van der Waals surface area contributed by atoms with Crippen molar-refractivity contribution < 1.29 is 4.39 Å². The Morgan fingerprint density at radius 1 is 1.75 bits per heavy atom. The normalized spacial score (nSPS) is 38.2. The van der Waals surface area contributed by atoms with Crippen LogP contribution in [0.25, 0.3) is 0 Å². The van der Waals surface area contributed by atoms with E-state index in [9.17, 15) is 4.39 Å². The van der Waals surface area contributed by atoms with Crippen molar-refractivity contribution in [1.29, 1.82) is 0 Å². The quantitative estimate of drug-likeness (QED) is 0.542. The zero-order chi connectivity index (χ0) is 5.98. The predicted octanol–water partition coefficient (Wildman–Crippen LogP) is 1.10. The van der Waals surface area contributed by atoms with Crippen LogP contribution in [0.4, 0.5) is 4.39 Å². The van der Waals surface area contributed by atoms with Gasteiger partial charge in [-0.25, -0.2) is 4.39 Å². The van der Waals surface area contributed by atoms with Crippen molar-refractivity contribution in [2.24, 2.45) is 0 Å². The maximum absolute atomic E-state index is 12.5. The second kappa shape index (κ2) is 2.44. The van der Waals surface area contributed by atoms with E-state index in [1.807, 2.05) is 6.92 Å². The first kappa shape index (κ1) is 6.02. The smallest absolute Gasteiger partial charge is 0.117 e. The number of hydrogen-bond donors (Lipinski definition) is 1. The Bertz CT molecular complexity index is 74.9. The van der Waals surface area contributed by atoms with Crippen LogP contribution in [0.2, 0.25) is 0 Å². The first-order valence-electron chi connectivity index (χ1n) is 3.22. The molecule has 1 N–H and O–H groups in total. The molecule has 2 heteroatoms. The minimum Gasteiger partial charge on any atom is -0.311 e. The van der Waals surface area contributed by atoms with Crippen molar-refractivity contribution in [3.05, 3.63) is 0 Å². The van der Waals surface area contributed by atoms with Crippen LogP contribution in [0, 0.1) is 0 Å². The fourth-order valence-electron chi connectivity index (χ4n) is 1.14. The van der Waals surface area contributed by atoms with Crippen LogP contribution in [0.3, 0.4) is 0 Å². The van der Waals surface area contributed by atoms with Gasteiger partial charge < -0.3 is 5.32 Å². The van der Waals surface area contributed by atoms with Crippen molar-refractivity contribution in [1.82, 2.24) is 5.32 Å². The number of alkyl halides is 1. The summed E-state index contributed by atoms with van der Waals surface area (Å²) in [5, 5.41) is 3.08. The van der Waals surface area contributed by atoms with Crippen LogP contribution in [-0.2, 0) is 0 Å². The van der Waals surface area contributed by atoms with E-state index in [1.165, 1.54) is 0 Å². The van der Waals surface area contributed by atoms with Crippen LogP contribution in [0.15, 0.2) is 0 Å². The van der Waals surface area contributed by atoms with Gasteiger partial charge in [-0.2, -0.15) is 0 Å². The standard InChI is InChI=1S/C6H12FN/c1-2-6-5(7)3-4-8-6/h5-6,8H,2-4H2,1H3. The minimum absolute atomic E-state index is 0.148. The number of hydrogen-bond acceptors (Lipinski definition) is 1. The van der Waals surface area contributed by atoms with E-state index in [2.05, 4.69) is 5.32 Å². The second-order valence-electron chi connectivity index (χ2n) is 2.27. The van der Waals surface area contributed by atoms with E-state index in [4.69, 9.17) is 0 Å². The highest BCUT2D eigenvalue weighted by atomic mass is 19.1. The predicted molar refractivity (Wildman–Crippen MR) is 31.6 cm³/mol. The molecule has 1 rings (SSSR count). The van der Waals surface area contributed by atoms with Crippen LogP contribution in [-0.4, -0.2) is 18.8 Å². The third kappa shape index (κ3) is 0.996. The molecule has 0 spiro atoms. The van der Waals surface area contributed by atoms with Gasteiger partial charge in [0.15, 0.2) is 0 Å². The van der Waals surface area contributed by atoms with E-state index in [1.54, 1.807) is 0 Å². The third-order valence-corrected chi connectivity index (χ3v) is 1.70. The molecule has 2 atom stereocenters. The molecule has 2 unspecified atom stereocenters. The molecule has 0 bridgehead atoms. The zero-order valence-corrected chi connectivity index (χ0v) is 5.15. The minimum atomic E-state index is -0.583. The summed E-state index contributed by atoms with van der Waals surface area (Å²) >= 11 is 0. The van der Waals surface area contributed by atoms with Gasteiger partial charge in [0.05, 0.1) is 0 Å². The Hall–Kier alpha value is -0.110. The van der Waals surface area contributed by atoms with E-state index in [-0.39, 0.29) is 6.04 Å². The first-order chi connectivity index (χ1) is 3.84. The molecule has 1 aliphatic rings. The molecule has 0 aliphatic carbocycles. The summed E-state index contributed by atoms with van der Waals surface area (Å²) < 4.78 is 12.5. The summed E-state index contributed by atoms with van der Waals surface area (Å²) in [6.07, 6.45) is 1.04. The van der Waals surface area contributed by atoms with Crippen molar-refractivity contribution in [2.75, 3.05) is 6.54 Å². The Labute approximate surface area is 49.3 Å². The fourth-order valence-corrected chi connectivity index (χ4v) is 1.14. The molecular weight excluding hydrogens is 105 g/mol. The molecular formula is C6H12FN. The lowest BCUT2D eigenvalue weighted by atomic mass is 10.1. The van der Waals surface area contributed by atoms with Crippen LogP contribution >= 0.6 is 0 Å². The lowest BCUT2D eigenvalue weighted by molar-refractivity contribution is 0.296. The van der Waals surface area contributed by atoms with Gasteiger partial charge in [-0.15, -0.1) is 0 Å². The molecule has 1 fully saturated rings. The summed E-state index contributed by atoms with van der Waals surface area (Å²) in [4.78, 5) is 0. The molecule has 48 valence electrons. The molecule has 0 aromatic heterocycles. The van der Waals surface area contributed by atoms with Crippen molar-refractivity contribution >= 4 is 0 Å². The van der Waals surface area contributed by atoms with Crippen molar-refractivity contribution in [3.8, 4) is 0 Å². The molecule has 0 radical (unpaired) electrons. The van der Waals surface area contributed by atoms with Gasteiger partial charge >= 0.3 is 0 Å². The molecule has 8 heavy (non-hydrogen) atoms. The largest absolute Gasteiger partial charge is 0.311 e. The lowest BCUT2D eigenvalue weighted by Gasteiger charge is -2.07. The van der Waals surface area contributed by atoms with E-state index >= 15 is 0 Å². The maximum atomic E-state index is 12.5. The molecule has 1 heterocycles. The molecule has 1 saturated heterocycles. The van der Waals surface area contributed by atoms with Gasteiger partial charge in [-0.1, -0.05) is 6.92 Å². The van der Waals surface area contributed by atoms with E-state index in [0.29, 0.717) is 6.42 Å². The molecule has 0 saturated carbocycles. The lowest BCUT2D eigenvalue weighted by Crippen LogP contribution is -2.26. The Morgan fingerprint density at radius 2 is 2.50 bits per heavy atom. The van der Waals surface area contributed by atoms with Crippen LogP contribution in [0.5, 0.6) is 0 Å². The highest BCUT2D eigenvalue weighted by Gasteiger charge is 2.23. The SMILES string of the molecule is CCC1NCCC1F. The van der Waals surface area contributed by atoms with Crippen molar-refractivity contribution in [2.45, 2.75) is 32.0 Å². The Balaban J connectivity index is 2.30. The Kier molecular flexibility index (Phi) is 1.84. The van der Waals surface area contributed by atoms with Crippen molar-refractivity contribution in [3.63, 3.8) is 0 Å². The van der Waals surface area contributed by atoms with Gasteiger partial charge in [-0.05, 0) is 19.4 Å². The number of halogens is 1. The summed E-state index contributed by atoms with van der Waals surface area (Å²) in [5.74, 6) is 0. The van der Waals surface area contributed by atoms with Gasteiger partial charge in [0.2, 0.25) is 0 Å². The van der Waals surface area contributed by atoms with E-state index in [0.717, 1.165) is 13.0 Å². The molecule has 1 aliphatic heterocycles. The highest BCUT2D eigenvalue weighted by Crippen LogP contribution is 2.12. The Morgan fingerprint density at radius 3 is 2.75 bits per heavy atom. The topological polar surface area (TPSA) is 12.0 Å². The van der Waals surface area contributed by atoms with Crippen LogP contribution in [0.1, 0.15) is 19.8 Å². The highest BCUT2D eigenvalue weighted by molar-refractivity contribution is 4.81. The molecule has 0 amide bonds. The third-order valence-electron chi connectivity index (χ3n) is 1.70. The van der Waals surface area contributed by atoms with Crippen LogP contribution < -0.4 is 5.32 Å². The number of nitrogens with one attached hydrogen (secondary N) is 1. The molecule has 1 nitrogen and oxygen atoms in total. The monoisotopic (exact) mass is 117 g/mol. The zero-order valence-electron chi connectivity index (χ0n) is 5.15. The number of rotatable bonds is 1. The summed E-state index contributed by atoms with van der Waals surface area (Å²) in [6.45, 7) is 2.87. The fraction of sp³-hybridized carbons (Fsp3) is 1.00. The summed E-state index contributed by atoms with van der Waals surface area (Å²) in [7, 11) is 0. The molecule has 0 aromatic carbocycles. The average Bonchev–Trinajstić information content (AvgIpc) is 2.14. The van der Waals surface area contributed by atoms with Gasteiger partial charge in [-0.3, -0.25) is 0 Å². The van der Waals surface area contributed by atoms with Gasteiger partial charge in [0.1, 0.15) is 6.17 Å². The second-order valence-corrected chi connectivity index (χ2v) is 2.27. The van der Waals surface area contributed by atoms with E-state index < -0.39 is 6.17 Å². The maximum Gasteiger partial charge on any atom is 0.117 e. The van der Waals surface area contributed by atoms with Gasteiger partial charge in [0, 0.05) is 6.04 Å². The first-order valence-corrected chi connectivity index (χ1v) is 3.22. The summed E-state index contributed by atoms with van der Waals surface area (Å²) in [6, 6.07) is 0.148. The summed E-state index contributed by atoms with van der Waals surface area (Å²) in [5.41, 5.74) is 0. The molecule has 0 aromatic rings. The average molecular weight is 117 g/mol.